The highest BCUT2D eigenvalue weighted by Crippen LogP contribution is 2.32. The number of ether oxygens (including phenoxy) is 1. The molecular weight excluding hydrogens is 654 g/mol. The lowest BCUT2D eigenvalue weighted by atomic mass is 9.84. The number of nitrogens with two attached hydrogens (primary N) is 1. The van der Waals surface area contributed by atoms with Crippen molar-refractivity contribution >= 4 is 28.5 Å². The molecule has 3 aromatic carbocycles. The molecule has 0 aliphatic carbocycles. The number of pyridine rings is 1. The topological polar surface area (TPSA) is 147 Å². The number of nitrogens with zero attached hydrogens (tertiary/aromatic N) is 2. The van der Waals surface area contributed by atoms with Crippen molar-refractivity contribution in [3.05, 3.63) is 125 Å². The second-order valence-corrected chi connectivity index (χ2v) is 12.1. The van der Waals surface area contributed by atoms with Crippen LogP contribution >= 0.6 is 0 Å². The van der Waals surface area contributed by atoms with Crippen molar-refractivity contribution in [3.63, 3.8) is 0 Å². The van der Waals surface area contributed by atoms with Gasteiger partial charge < -0.3 is 31.4 Å². The number of halogens is 4. The Labute approximate surface area is 284 Å². The van der Waals surface area contributed by atoms with Gasteiger partial charge in [0.2, 0.25) is 5.91 Å². The number of aromatic nitrogens is 3. The van der Waals surface area contributed by atoms with Crippen LogP contribution < -0.4 is 21.7 Å². The minimum Gasteiger partial charge on any atom is -0.375 e. The van der Waals surface area contributed by atoms with Crippen LogP contribution in [0.4, 0.5) is 23.2 Å². The predicted molar refractivity (Wildman–Crippen MR) is 179 cm³/mol. The molecule has 5 aromatic rings. The molecule has 260 valence electrons. The van der Waals surface area contributed by atoms with Crippen LogP contribution in [0.3, 0.4) is 0 Å². The van der Waals surface area contributed by atoms with Gasteiger partial charge in [-0.15, -0.1) is 0 Å². The van der Waals surface area contributed by atoms with Gasteiger partial charge in [0.15, 0.2) is 0 Å². The summed E-state index contributed by atoms with van der Waals surface area (Å²) in [5.74, 6) is -1.88. The molecule has 1 fully saturated rings. The predicted octanol–water partition coefficient (Wildman–Crippen LogP) is 5.15. The molecule has 0 unspecified atom stereocenters. The van der Waals surface area contributed by atoms with Crippen LogP contribution in [-0.2, 0) is 16.0 Å². The van der Waals surface area contributed by atoms with Crippen molar-refractivity contribution in [2.45, 2.75) is 43.1 Å². The standard InChI is InChI=1S/C36H35F4N7O3/c37-26-17-42-18-29(45-32(33(41)48)31(21-7-3-1-4-8-21)22-9-5-2-6-10-22)25(26)13-12-24-16-43-30(19-50-24)34-46-27-14-11-23(15-28(27)47-34)35(49)44-20-36(38,39)40/h1-11,14-15,17-18,24,30-32,43,45H,12-13,16,19-20H2,(H2,41,48)(H,44,49)(H,46,47)/t24-,30+,32+/m1/s1. The second-order valence-electron chi connectivity index (χ2n) is 12.1. The molecule has 1 saturated heterocycles. The van der Waals surface area contributed by atoms with Crippen LogP contribution in [-0.4, -0.2) is 64.8 Å². The van der Waals surface area contributed by atoms with Gasteiger partial charge in [0.05, 0.1) is 47.9 Å². The molecule has 2 amide bonds. The van der Waals surface area contributed by atoms with E-state index in [1.54, 1.807) is 6.07 Å². The number of hydrogen-bond acceptors (Lipinski definition) is 7. The van der Waals surface area contributed by atoms with Gasteiger partial charge in [-0.3, -0.25) is 14.6 Å². The Bertz CT molecular complexity index is 1890. The lowest BCUT2D eigenvalue weighted by Gasteiger charge is -2.30. The number of carbonyl (C=O) groups excluding carboxylic acids is 2. The molecule has 0 saturated carbocycles. The fourth-order valence-corrected chi connectivity index (χ4v) is 6.13. The van der Waals surface area contributed by atoms with E-state index in [1.807, 2.05) is 66.0 Å². The van der Waals surface area contributed by atoms with Crippen LogP contribution in [0, 0.1) is 5.82 Å². The van der Waals surface area contributed by atoms with Crippen LogP contribution in [0.5, 0.6) is 0 Å². The first-order valence-electron chi connectivity index (χ1n) is 16.0. The van der Waals surface area contributed by atoms with Gasteiger partial charge in [-0.05, 0) is 42.2 Å². The SMILES string of the molecule is NC(=O)[C@@H](Nc1cncc(F)c1CC[C@@H]1CN[C@H](c2nc3ccc(C(=O)NCC(F)(F)F)cc3[nH]2)CO1)C(c1ccccc1)c1ccccc1. The van der Waals surface area contributed by atoms with Crippen molar-refractivity contribution < 1.29 is 31.9 Å². The fraction of sp³-hybridized carbons (Fsp3) is 0.278. The Morgan fingerprint density at radius 1 is 1.00 bits per heavy atom. The monoisotopic (exact) mass is 689 g/mol. The summed E-state index contributed by atoms with van der Waals surface area (Å²) in [7, 11) is 0. The summed E-state index contributed by atoms with van der Waals surface area (Å²) >= 11 is 0. The fourth-order valence-electron chi connectivity index (χ4n) is 6.13. The number of aromatic amines is 1. The van der Waals surface area contributed by atoms with E-state index in [-0.39, 0.29) is 30.7 Å². The number of morpholine rings is 1. The number of hydrogen-bond donors (Lipinski definition) is 5. The van der Waals surface area contributed by atoms with Gasteiger partial charge in [0.25, 0.3) is 5.91 Å². The number of alkyl halides is 3. The highest BCUT2D eigenvalue weighted by molar-refractivity contribution is 5.97. The minimum absolute atomic E-state index is 0.0693. The number of amides is 2. The smallest absolute Gasteiger partial charge is 0.375 e. The molecule has 6 rings (SSSR count). The first-order valence-corrected chi connectivity index (χ1v) is 16.0. The zero-order chi connectivity index (χ0) is 35.3. The molecule has 3 heterocycles. The zero-order valence-electron chi connectivity index (χ0n) is 26.7. The summed E-state index contributed by atoms with van der Waals surface area (Å²) in [5.41, 5.74) is 9.52. The van der Waals surface area contributed by atoms with E-state index in [4.69, 9.17) is 10.5 Å². The van der Waals surface area contributed by atoms with Gasteiger partial charge in [-0.2, -0.15) is 13.2 Å². The molecule has 6 N–H and O–H groups in total. The molecule has 0 bridgehead atoms. The maximum atomic E-state index is 15.3. The van der Waals surface area contributed by atoms with E-state index in [0.29, 0.717) is 41.1 Å². The summed E-state index contributed by atoms with van der Waals surface area (Å²) in [6.45, 7) is -0.756. The van der Waals surface area contributed by atoms with Crippen molar-refractivity contribution in [2.75, 3.05) is 25.0 Å². The molecule has 1 aliphatic rings. The van der Waals surface area contributed by atoms with Crippen LogP contribution in [0.25, 0.3) is 11.0 Å². The van der Waals surface area contributed by atoms with Crippen LogP contribution in [0.1, 0.15) is 51.3 Å². The van der Waals surface area contributed by atoms with Gasteiger partial charge in [-0.25, -0.2) is 9.37 Å². The number of fused-ring (bicyclic) bond motifs is 1. The molecule has 50 heavy (non-hydrogen) atoms. The highest BCUT2D eigenvalue weighted by atomic mass is 19.4. The Morgan fingerprint density at radius 2 is 1.70 bits per heavy atom. The summed E-state index contributed by atoms with van der Waals surface area (Å²) in [4.78, 5) is 36.9. The van der Waals surface area contributed by atoms with Crippen molar-refractivity contribution in [2.24, 2.45) is 5.73 Å². The van der Waals surface area contributed by atoms with E-state index in [2.05, 4.69) is 25.6 Å². The molecule has 10 nitrogen and oxygen atoms in total. The number of anilines is 1. The maximum Gasteiger partial charge on any atom is 0.405 e. The number of carbonyl (C=O) groups is 2. The maximum absolute atomic E-state index is 15.3. The number of imidazole rings is 1. The lowest BCUT2D eigenvalue weighted by molar-refractivity contribution is -0.123. The summed E-state index contributed by atoms with van der Waals surface area (Å²) in [6.07, 6.45) is -1.43. The number of nitrogens with one attached hydrogen (secondary N) is 4. The Kier molecular flexibility index (Phi) is 10.4. The average molecular weight is 690 g/mol. The van der Waals surface area contributed by atoms with Crippen molar-refractivity contribution in [1.29, 1.82) is 0 Å². The van der Waals surface area contributed by atoms with E-state index in [0.717, 1.165) is 17.3 Å². The molecule has 14 heteroatoms. The third-order valence-electron chi connectivity index (χ3n) is 8.62. The second kappa shape index (κ2) is 15.0. The lowest BCUT2D eigenvalue weighted by Crippen LogP contribution is -2.42. The molecule has 2 aromatic heterocycles. The number of rotatable bonds is 12. The number of H-pyrrole nitrogens is 1. The third-order valence-corrected chi connectivity index (χ3v) is 8.62. The average Bonchev–Trinajstić information content (AvgIpc) is 3.54. The molecule has 0 radical (unpaired) electrons. The van der Waals surface area contributed by atoms with Crippen molar-refractivity contribution in [3.8, 4) is 0 Å². The van der Waals surface area contributed by atoms with Crippen LogP contribution in [0.2, 0.25) is 0 Å². The normalized spacial score (nSPS) is 17.1. The van der Waals surface area contributed by atoms with Gasteiger partial charge >= 0.3 is 6.18 Å². The molecule has 3 atom stereocenters. The van der Waals surface area contributed by atoms with Gasteiger partial charge in [0, 0.05) is 23.6 Å². The van der Waals surface area contributed by atoms with E-state index in [9.17, 15) is 22.8 Å². The first kappa shape index (κ1) is 34.5. The molecular formula is C36H35F4N7O3. The minimum atomic E-state index is -4.51. The summed E-state index contributed by atoms with van der Waals surface area (Å²) in [6, 6.07) is 22.2. The highest BCUT2D eigenvalue weighted by Gasteiger charge is 2.32. The van der Waals surface area contributed by atoms with Gasteiger partial charge in [-0.1, -0.05) is 60.7 Å². The van der Waals surface area contributed by atoms with E-state index < -0.39 is 42.3 Å². The Morgan fingerprint density at radius 3 is 2.32 bits per heavy atom. The molecule has 1 aliphatic heterocycles. The van der Waals surface area contributed by atoms with Crippen LogP contribution in [0.15, 0.2) is 91.3 Å². The first-order chi connectivity index (χ1) is 24.1. The Balaban J connectivity index is 1.11. The molecule has 0 spiro atoms. The summed E-state index contributed by atoms with van der Waals surface area (Å²) in [5, 5.41) is 8.46. The van der Waals surface area contributed by atoms with Crippen molar-refractivity contribution in [1.82, 2.24) is 25.6 Å². The quantitative estimate of drug-likeness (QED) is 0.114. The summed E-state index contributed by atoms with van der Waals surface area (Å²) < 4.78 is 58.9. The largest absolute Gasteiger partial charge is 0.405 e. The zero-order valence-corrected chi connectivity index (χ0v) is 26.7. The Hall–Kier alpha value is -5.34. The van der Waals surface area contributed by atoms with E-state index >= 15 is 4.39 Å². The van der Waals surface area contributed by atoms with Gasteiger partial charge in [0.1, 0.15) is 24.2 Å². The van der Waals surface area contributed by atoms with E-state index in [1.165, 1.54) is 18.3 Å². The number of primary amides is 1. The number of benzene rings is 3. The third kappa shape index (κ3) is 8.26.